The van der Waals surface area contributed by atoms with Crippen molar-refractivity contribution in [3.05, 3.63) is 83.8 Å². The van der Waals surface area contributed by atoms with Crippen molar-refractivity contribution in [1.29, 1.82) is 0 Å². The number of hydrogen-bond donors (Lipinski definition) is 4. The monoisotopic (exact) mass is 484 g/mol. The SMILES string of the molecule is Cc1ccc(-c2ccc3c(-c4ccc(F)cc4)c(C(=O)NC[C@@H](N)CCC(N)C4CC4)[nH]c3c2)cc1. The Morgan fingerprint density at radius 2 is 1.64 bits per heavy atom. The number of carbonyl (C=O) groups is 1. The topological polar surface area (TPSA) is 96.9 Å². The zero-order chi connectivity index (χ0) is 25.2. The smallest absolute Gasteiger partial charge is 0.268 e. The third kappa shape index (κ3) is 5.35. The molecule has 1 aliphatic carbocycles. The van der Waals surface area contributed by atoms with Gasteiger partial charge in [-0.3, -0.25) is 4.79 Å². The number of amides is 1. The molecule has 0 bridgehead atoms. The van der Waals surface area contributed by atoms with Crippen LogP contribution in [-0.2, 0) is 0 Å². The third-order valence-electron chi connectivity index (χ3n) is 7.17. The predicted octanol–water partition coefficient (Wildman–Crippen LogP) is 5.52. The van der Waals surface area contributed by atoms with Crippen LogP contribution in [0.15, 0.2) is 66.7 Å². The molecule has 4 aromatic rings. The van der Waals surface area contributed by atoms with Crippen molar-refractivity contribution in [2.75, 3.05) is 6.54 Å². The van der Waals surface area contributed by atoms with Crippen molar-refractivity contribution >= 4 is 16.8 Å². The maximum atomic E-state index is 13.7. The first-order valence-corrected chi connectivity index (χ1v) is 12.7. The second-order valence-corrected chi connectivity index (χ2v) is 10.1. The summed E-state index contributed by atoms with van der Waals surface area (Å²) < 4.78 is 13.7. The van der Waals surface area contributed by atoms with E-state index in [4.69, 9.17) is 11.5 Å². The zero-order valence-electron chi connectivity index (χ0n) is 20.6. The number of nitrogens with two attached hydrogens (primary N) is 2. The van der Waals surface area contributed by atoms with Gasteiger partial charge in [0, 0.05) is 35.1 Å². The van der Waals surface area contributed by atoms with Gasteiger partial charge < -0.3 is 21.8 Å². The summed E-state index contributed by atoms with van der Waals surface area (Å²) in [6, 6.07) is 20.7. The minimum Gasteiger partial charge on any atom is -0.350 e. The van der Waals surface area contributed by atoms with E-state index in [9.17, 15) is 9.18 Å². The molecular formula is C30H33FN4O. The average Bonchev–Trinajstić information content (AvgIpc) is 3.67. The summed E-state index contributed by atoms with van der Waals surface area (Å²) in [6.07, 6.45) is 4.07. The Balaban J connectivity index is 1.42. The number of carbonyl (C=O) groups excluding carboxylic acids is 1. The summed E-state index contributed by atoms with van der Waals surface area (Å²) >= 11 is 0. The van der Waals surface area contributed by atoms with Crippen molar-refractivity contribution in [2.24, 2.45) is 17.4 Å². The molecule has 3 aromatic carbocycles. The lowest BCUT2D eigenvalue weighted by Crippen LogP contribution is -2.38. The molecule has 36 heavy (non-hydrogen) atoms. The van der Waals surface area contributed by atoms with Gasteiger partial charge in [-0.25, -0.2) is 4.39 Å². The van der Waals surface area contributed by atoms with Crippen LogP contribution in [0.4, 0.5) is 4.39 Å². The Morgan fingerprint density at radius 1 is 0.972 bits per heavy atom. The maximum Gasteiger partial charge on any atom is 0.268 e. The van der Waals surface area contributed by atoms with Crippen molar-refractivity contribution in [3.63, 3.8) is 0 Å². The molecule has 1 saturated carbocycles. The van der Waals surface area contributed by atoms with Gasteiger partial charge >= 0.3 is 0 Å². The molecule has 186 valence electrons. The highest BCUT2D eigenvalue weighted by atomic mass is 19.1. The Labute approximate surface area is 211 Å². The normalized spacial score (nSPS) is 15.1. The first kappa shape index (κ1) is 24.2. The standard InChI is InChI=1S/C30H33FN4O/c1-18-2-4-19(5-3-18)22-10-14-25-27(16-22)35-29(28(25)21-8-11-23(31)12-9-21)30(36)34-17-24(32)13-15-26(33)20-6-7-20/h2-5,8-12,14,16,20,24,26,35H,6-7,13,15,17,32-33H2,1H3,(H,34,36)/t24-,26?/m0/s1. The second-order valence-electron chi connectivity index (χ2n) is 10.1. The van der Waals surface area contributed by atoms with Crippen molar-refractivity contribution < 1.29 is 9.18 Å². The lowest BCUT2D eigenvalue weighted by Gasteiger charge is -2.16. The van der Waals surface area contributed by atoms with Crippen molar-refractivity contribution in [3.8, 4) is 22.3 Å². The van der Waals surface area contributed by atoms with Crippen molar-refractivity contribution in [2.45, 2.75) is 44.7 Å². The fourth-order valence-corrected chi connectivity index (χ4v) is 4.79. The number of aromatic nitrogens is 1. The first-order valence-electron chi connectivity index (χ1n) is 12.7. The van der Waals surface area contributed by atoms with E-state index in [1.54, 1.807) is 12.1 Å². The molecule has 1 amide bonds. The van der Waals surface area contributed by atoms with E-state index >= 15 is 0 Å². The zero-order valence-corrected chi connectivity index (χ0v) is 20.6. The maximum absolute atomic E-state index is 13.7. The van der Waals surface area contributed by atoms with Gasteiger partial charge in [-0.15, -0.1) is 0 Å². The fourth-order valence-electron chi connectivity index (χ4n) is 4.79. The molecule has 2 atom stereocenters. The largest absolute Gasteiger partial charge is 0.350 e. The van der Waals surface area contributed by atoms with E-state index in [1.807, 2.05) is 6.07 Å². The summed E-state index contributed by atoms with van der Waals surface area (Å²) in [5, 5.41) is 3.90. The van der Waals surface area contributed by atoms with E-state index in [0.29, 0.717) is 18.2 Å². The molecule has 1 unspecified atom stereocenters. The summed E-state index contributed by atoms with van der Waals surface area (Å²) in [7, 11) is 0. The lowest BCUT2D eigenvalue weighted by molar-refractivity contribution is 0.0947. The summed E-state index contributed by atoms with van der Waals surface area (Å²) in [5.41, 5.74) is 18.6. The molecule has 5 nitrogen and oxygen atoms in total. The summed E-state index contributed by atoms with van der Waals surface area (Å²) in [5.74, 6) is 0.0900. The summed E-state index contributed by atoms with van der Waals surface area (Å²) in [4.78, 5) is 16.7. The molecule has 1 aromatic heterocycles. The molecule has 0 aliphatic heterocycles. The quantitative estimate of drug-likeness (QED) is 0.252. The average molecular weight is 485 g/mol. The minimum atomic E-state index is -0.318. The Bertz CT molecular complexity index is 1360. The van der Waals surface area contributed by atoms with Gasteiger partial charge in [-0.05, 0) is 73.4 Å². The Morgan fingerprint density at radius 3 is 2.33 bits per heavy atom. The molecule has 0 radical (unpaired) electrons. The van der Waals surface area contributed by atoms with Crippen LogP contribution in [0.5, 0.6) is 0 Å². The second kappa shape index (κ2) is 10.2. The van der Waals surface area contributed by atoms with Gasteiger partial charge in [0.25, 0.3) is 5.91 Å². The van der Waals surface area contributed by atoms with Crippen LogP contribution in [0.3, 0.4) is 0 Å². The number of hydrogen-bond acceptors (Lipinski definition) is 3. The molecule has 0 saturated heterocycles. The highest BCUT2D eigenvalue weighted by molar-refractivity contribution is 6.10. The number of H-pyrrole nitrogens is 1. The molecule has 6 N–H and O–H groups in total. The van der Waals surface area contributed by atoms with Crippen LogP contribution >= 0.6 is 0 Å². The number of halogens is 1. The van der Waals surface area contributed by atoms with E-state index < -0.39 is 0 Å². The molecule has 0 spiro atoms. The van der Waals surface area contributed by atoms with Gasteiger partial charge in [-0.2, -0.15) is 0 Å². The van der Waals surface area contributed by atoms with Gasteiger partial charge in [0.2, 0.25) is 0 Å². The number of nitrogens with one attached hydrogen (secondary N) is 2. The van der Waals surface area contributed by atoms with Crippen LogP contribution in [0, 0.1) is 18.7 Å². The van der Waals surface area contributed by atoms with Gasteiger partial charge in [0.1, 0.15) is 11.5 Å². The number of rotatable bonds is 9. The third-order valence-corrected chi connectivity index (χ3v) is 7.17. The molecular weight excluding hydrogens is 451 g/mol. The summed E-state index contributed by atoms with van der Waals surface area (Å²) in [6.45, 7) is 2.42. The van der Waals surface area contributed by atoms with Gasteiger partial charge in [-0.1, -0.05) is 54.1 Å². The van der Waals surface area contributed by atoms with Gasteiger partial charge in [0.15, 0.2) is 0 Å². The van der Waals surface area contributed by atoms with E-state index in [1.165, 1.54) is 30.5 Å². The number of aryl methyl sites for hydroxylation is 1. The van der Waals surface area contributed by atoms with Crippen LogP contribution < -0.4 is 16.8 Å². The Hall–Kier alpha value is -3.48. The molecule has 1 fully saturated rings. The Kier molecular flexibility index (Phi) is 6.90. The first-order chi connectivity index (χ1) is 17.4. The number of benzene rings is 3. The molecule has 6 heteroatoms. The van der Waals surface area contributed by atoms with Crippen LogP contribution in [0.1, 0.15) is 41.7 Å². The van der Waals surface area contributed by atoms with E-state index in [-0.39, 0.29) is 23.8 Å². The van der Waals surface area contributed by atoms with Crippen LogP contribution in [0.25, 0.3) is 33.2 Å². The minimum absolute atomic E-state index is 0.162. The highest BCUT2D eigenvalue weighted by Crippen LogP contribution is 2.35. The molecule has 5 rings (SSSR count). The van der Waals surface area contributed by atoms with E-state index in [2.05, 4.69) is 53.6 Å². The predicted molar refractivity (Wildman–Crippen MR) is 144 cm³/mol. The van der Waals surface area contributed by atoms with Crippen molar-refractivity contribution in [1.82, 2.24) is 10.3 Å². The van der Waals surface area contributed by atoms with Gasteiger partial charge in [0.05, 0.1) is 0 Å². The van der Waals surface area contributed by atoms with Crippen LogP contribution in [-0.4, -0.2) is 29.5 Å². The lowest BCUT2D eigenvalue weighted by atomic mass is 9.98. The number of fused-ring (bicyclic) bond motifs is 1. The highest BCUT2D eigenvalue weighted by Gasteiger charge is 2.28. The fraction of sp³-hybridized carbons (Fsp3) is 0.300. The van der Waals surface area contributed by atoms with E-state index in [0.717, 1.165) is 46.0 Å². The number of aromatic amines is 1. The molecule has 1 aliphatic rings. The molecule has 1 heterocycles. The van der Waals surface area contributed by atoms with Crippen LogP contribution in [0.2, 0.25) is 0 Å².